The van der Waals surface area contributed by atoms with Crippen LogP contribution in [0.2, 0.25) is 0 Å². The summed E-state index contributed by atoms with van der Waals surface area (Å²) in [6.45, 7) is 2.30. The van der Waals surface area contributed by atoms with Gasteiger partial charge in [0.15, 0.2) is 0 Å². The molecule has 4 nitrogen and oxygen atoms in total. The zero-order chi connectivity index (χ0) is 12.9. The van der Waals surface area contributed by atoms with Crippen molar-refractivity contribution in [3.63, 3.8) is 0 Å². The van der Waals surface area contributed by atoms with Crippen LogP contribution in [0.4, 0.5) is 0 Å². The molecule has 0 aromatic rings. The maximum Gasteiger partial charge on any atom is 0.323 e. The molecule has 0 aliphatic heterocycles. The minimum Gasteiger partial charge on any atom is -0.480 e. The molecule has 0 aromatic heterocycles. The molecule has 1 saturated carbocycles. The highest BCUT2D eigenvalue weighted by molar-refractivity contribution is 7.99. The quantitative estimate of drug-likeness (QED) is 0.646. The number of thioether (sulfide) groups is 1. The number of hydrogen-bond acceptors (Lipinski definition) is 4. The van der Waals surface area contributed by atoms with Crippen LogP contribution in [0.3, 0.4) is 0 Å². The summed E-state index contributed by atoms with van der Waals surface area (Å²) in [6, 6.07) is 0. The molecule has 3 atom stereocenters. The molecule has 4 N–H and O–H groups in total. The van der Waals surface area contributed by atoms with Crippen LogP contribution in [0, 0.1) is 5.92 Å². The molecule has 1 aliphatic carbocycles. The van der Waals surface area contributed by atoms with Crippen molar-refractivity contribution in [1.82, 2.24) is 0 Å². The van der Waals surface area contributed by atoms with E-state index in [1.807, 2.05) is 0 Å². The second-order valence-corrected chi connectivity index (χ2v) is 6.46. The molecule has 0 bridgehead atoms. The summed E-state index contributed by atoms with van der Waals surface area (Å²) in [7, 11) is 0. The van der Waals surface area contributed by atoms with Crippen molar-refractivity contribution in [3.05, 3.63) is 0 Å². The number of aliphatic hydroxyl groups is 1. The average Bonchev–Trinajstić information content (AvgIpc) is 2.62. The summed E-state index contributed by atoms with van der Waals surface area (Å²) in [5.41, 5.74) is 4.97. The first-order chi connectivity index (χ1) is 8.00. The molecule has 3 unspecified atom stereocenters. The highest BCUT2D eigenvalue weighted by Crippen LogP contribution is 2.37. The summed E-state index contributed by atoms with van der Waals surface area (Å²) in [4.78, 5) is 11.2. The summed E-state index contributed by atoms with van der Waals surface area (Å²) >= 11 is 1.79. The Morgan fingerprint density at radius 1 is 1.65 bits per heavy atom. The van der Waals surface area contributed by atoms with Crippen molar-refractivity contribution in [3.8, 4) is 0 Å². The molecule has 1 aliphatic rings. The van der Waals surface area contributed by atoms with Crippen LogP contribution in [0.1, 0.15) is 39.0 Å². The number of carboxylic acids is 1. The maximum atomic E-state index is 11.2. The lowest BCUT2D eigenvalue weighted by atomic mass is 9.86. The van der Waals surface area contributed by atoms with E-state index in [-0.39, 0.29) is 12.5 Å². The zero-order valence-electron chi connectivity index (χ0n) is 10.4. The van der Waals surface area contributed by atoms with Crippen molar-refractivity contribution in [1.29, 1.82) is 0 Å². The van der Waals surface area contributed by atoms with Gasteiger partial charge in [-0.15, -0.1) is 0 Å². The van der Waals surface area contributed by atoms with Crippen LogP contribution in [-0.2, 0) is 4.79 Å². The van der Waals surface area contributed by atoms with Crippen LogP contribution >= 0.6 is 11.8 Å². The number of aliphatic hydroxyl groups excluding tert-OH is 1. The lowest BCUT2D eigenvalue weighted by Crippen LogP contribution is -2.51. The fourth-order valence-electron chi connectivity index (χ4n) is 2.46. The Kier molecular flexibility index (Phi) is 5.76. The lowest BCUT2D eigenvalue weighted by molar-refractivity contribution is -0.144. The third kappa shape index (κ3) is 3.86. The maximum absolute atomic E-state index is 11.2. The number of rotatable bonds is 7. The molecule has 0 heterocycles. The number of carbonyl (C=O) groups is 1. The predicted molar refractivity (Wildman–Crippen MR) is 70.1 cm³/mol. The second-order valence-electron chi connectivity index (χ2n) is 4.92. The van der Waals surface area contributed by atoms with Gasteiger partial charge in [0.1, 0.15) is 5.54 Å². The van der Waals surface area contributed by atoms with Gasteiger partial charge in [0.25, 0.3) is 0 Å². The van der Waals surface area contributed by atoms with Crippen molar-refractivity contribution in [2.24, 2.45) is 11.7 Å². The van der Waals surface area contributed by atoms with Gasteiger partial charge < -0.3 is 15.9 Å². The SMILES string of the molecule is CC(CCO)SCCC1CCCC1(N)C(=O)O. The number of hydrogen-bond donors (Lipinski definition) is 3. The minimum absolute atomic E-state index is 0.105. The fourth-order valence-corrected chi connectivity index (χ4v) is 3.56. The van der Waals surface area contributed by atoms with Gasteiger partial charge in [-0.25, -0.2) is 0 Å². The Labute approximate surface area is 107 Å². The van der Waals surface area contributed by atoms with Gasteiger partial charge in [0, 0.05) is 11.9 Å². The number of aliphatic carboxylic acids is 1. The third-order valence-electron chi connectivity index (χ3n) is 3.67. The normalized spacial score (nSPS) is 30.4. The number of nitrogens with two attached hydrogens (primary N) is 1. The van der Waals surface area contributed by atoms with Gasteiger partial charge in [-0.05, 0) is 37.4 Å². The molecule has 100 valence electrons. The first-order valence-corrected chi connectivity index (χ1v) is 7.30. The summed E-state index contributed by atoms with van der Waals surface area (Å²) < 4.78 is 0. The van der Waals surface area contributed by atoms with Crippen molar-refractivity contribution in [2.75, 3.05) is 12.4 Å². The van der Waals surface area contributed by atoms with Gasteiger partial charge in [0.05, 0.1) is 0 Å². The van der Waals surface area contributed by atoms with Gasteiger partial charge >= 0.3 is 5.97 Å². The summed E-state index contributed by atoms with van der Waals surface area (Å²) in [5.74, 6) is 0.181. The van der Waals surface area contributed by atoms with Crippen LogP contribution in [0.15, 0.2) is 0 Å². The largest absolute Gasteiger partial charge is 0.480 e. The molecule has 0 saturated heterocycles. The molecule has 0 spiro atoms. The fraction of sp³-hybridized carbons (Fsp3) is 0.917. The molecular formula is C12H23NO3S. The molecule has 1 fully saturated rings. The van der Waals surface area contributed by atoms with E-state index in [0.717, 1.165) is 31.4 Å². The van der Waals surface area contributed by atoms with Gasteiger partial charge in [-0.1, -0.05) is 13.3 Å². The monoisotopic (exact) mass is 261 g/mol. The Bertz CT molecular complexity index is 262. The molecular weight excluding hydrogens is 238 g/mol. The lowest BCUT2D eigenvalue weighted by Gasteiger charge is -2.27. The first-order valence-electron chi connectivity index (χ1n) is 6.25. The Balaban J connectivity index is 2.34. The van der Waals surface area contributed by atoms with Gasteiger partial charge in [0.2, 0.25) is 0 Å². The third-order valence-corrected chi connectivity index (χ3v) is 4.95. The zero-order valence-corrected chi connectivity index (χ0v) is 11.2. The highest BCUT2D eigenvalue weighted by atomic mass is 32.2. The summed E-state index contributed by atoms with van der Waals surface area (Å²) in [5, 5.41) is 18.4. The first kappa shape index (κ1) is 14.8. The van der Waals surface area contributed by atoms with E-state index in [9.17, 15) is 9.90 Å². The van der Waals surface area contributed by atoms with Crippen LogP contribution in [0.25, 0.3) is 0 Å². The highest BCUT2D eigenvalue weighted by Gasteiger charge is 2.45. The van der Waals surface area contributed by atoms with Crippen molar-refractivity contribution in [2.45, 2.75) is 49.8 Å². The average molecular weight is 261 g/mol. The Morgan fingerprint density at radius 2 is 2.35 bits per heavy atom. The van der Waals surface area contributed by atoms with E-state index >= 15 is 0 Å². The molecule has 1 rings (SSSR count). The van der Waals surface area contributed by atoms with E-state index in [1.54, 1.807) is 11.8 Å². The second kappa shape index (κ2) is 6.61. The van der Waals surface area contributed by atoms with Gasteiger partial charge in [-0.3, -0.25) is 4.79 Å². The van der Waals surface area contributed by atoms with E-state index in [1.165, 1.54) is 0 Å². The number of carboxylic acid groups (broad SMARTS) is 1. The Morgan fingerprint density at radius 3 is 2.94 bits per heavy atom. The van der Waals surface area contributed by atoms with E-state index in [4.69, 9.17) is 10.8 Å². The van der Waals surface area contributed by atoms with E-state index < -0.39 is 11.5 Å². The van der Waals surface area contributed by atoms with Crippen molar-refractivity contribution >= 4 is 17.7 Å². The van der Waals surface area contributed by atoms with E-state index in [0.29, 0.717) is 11.7 Å². The molecule has 0 aromatic carbocycles. The summed E-state index contributed by atoms with van der Waals surface area (Å²) in [6.07, 6.45) is 4.11. The molecule has 5 heteroatoms. The minimum atomic E-state index is -0.999. The Hall–Kier alpha value is -0.260. The van der Waals surface area contributed by atoms with Crippen LogP contribution in [0.5, 0.6) is 0 Å². The molecule has 0 radical (unpaired) electrons. The molecule has 17 heavy (non-hydrogen) atoms. The van der Waals surface area contributed by atoms with E-state index in [2.05, 4.69) is 6.92 Å². The van der Waals surface area contributed by atoms with Crippen LogP contribution in [-0.4, -0.2) is 39.3 Å². The topological polar surface area (TPSA) is 83.5 Å². The van der Waals surface area contributed by atoms with Gasteiger partial charge in [-0.2, -0.15) is 11.8 Å². The molecule has 0 amide bonds. The van der Waals surface area contributed by atoms with Crippen molar-refractivity contribution < 1.29 is 15.0 Å². The van der Waals surface area contributed by atoms with Crippen LogP contribution < -0.4 is 5.73 Å². The smallest absolute Gasteiger partial charge is 0.323 e. The predicted octanol–water partition coefficient (Wildman–Crippen LogP) is 1.46. The standard InChI is InChI=1S/C12H23NO3S/c1-9(4-7-14)17-8-5-10-3-2-6-12(10,13)11(15)16/h9-10,14H,2-8,13H2,1H3,(H,15,16).